The van der Waals surface area contributed by atoms with Crippen molar-refractivity contribution < 1.29 is 4.79 Å². The van der Waals surface area contributed by atoms with Crippen molar-refractivity contribution in [3.05, 3.63) is 17.7 Å². The average molecular weight is 276 g/mol. The number of anilines is 1. The van der Waals surface area contributed by atoms with Crippen molar-refractivity contribution in [1.29, 1.82) is 0 Å². The lowest BCUT2D eigenvalue weighted by Gasteiger charge is -2.33. The summed E-state index contributed by atoms with van der Waals surface area (Å²) in [6.45, 7) is 7.00. The molecule has 1 atom stereocenters. The van der Waals surface area contributed by atoms with E-state index in [1.807, 2.05) is 18.7 Å². The van der Waals surface area contributed by atoms with Gasteiger partial charge >= 0.3 is 0 Å². The Kier molecular flexibility index (Phi) is 4.57. The third-order valence-electron chi connectivity index (χ3n) is 3.86. The molecule has 0 radical (unpaired) electrons. The smallest absolute Gasteiger partial charge is 0.274 e. The first kappa shape index (κ1) is 14.8. The van der Waals surface area contributed by atoms with E-state index in [1.165, 1.54) is 6.42 Å². The largest absolute Gasteiger partial charge is 0.385 e. The van der Waals surface area contributed by atoms with Crippen LogP contribution in [-0.4, -0.2) is 40.4 Å². The zero-order chi connectivity index (χ0) is 14.7. The molecule has 1 aromatic rings. The Morgan fingerprint density at radius 2 is 2.20 bits per heavy atom. The van der Waals surface area contributed by atoms with Crippen molar-refractivity contribution in [2.75, 3.05) is 18.9 Å². The van der Waals surface area contributed by atoms with Gasteiger partial charge in [-0.05, 0) is 26.2 Å². The van der Waals surface area contributed by atoms with Gasteiger partial charge in [-0.25, -0.2) is 9.97 Å². The zero-order valence-corrected chi connectivity index (χ0v) is 12.8. The lowest BCUT2D eigenvalue weighted by atomic mass is 10.0. The maximum absolute atomic E-state index is 12.8. The number of likely N-dealkylation sites (tertiary alicyclic amines) is 1. The summed E-state index contributed by atoms with van der Waals surface area (Å²) in [6.07, 6.45) is 5.06. The summed E-state index contributed by atoms with van der Waals surface area (Å²) in [6, 6.07) is 0.290. The lowest BCUT2D eigenvalue weighted by Crippen LogP contribution is -2.42. The fourth-order valence-corrected chi connectivity index (χ4v) is 2.56. The molecule has 2 heterocycles. The average Bonchev–Trinajstić information content (AvgIpc) is 2.46. The van der Waals surface area contributed by atoms with Gasteiger partial charge in [0.2, 0.25) is 0 Å². The van der Waals surface area contributed by atoms with E-state index in [9.17, 15) is 4.79 Å². The summed E-state index contributed by atoms with van der Waals surface area (Å²) in [5, 5.41) is 3.02. The first-order chi connectivity index (χ1) is 9.54. The first-order valence-corrected chi connectivity index (χ1v) is 7.40. The van der Waals surface area contributed by atoms with E-state index in [2.05, 4.69) is 22.2 Å². The Morgan fingerprint density at radius 3 is 2.80 bits per heavy atom. The summed E-state index contributed by atoms with van der Waals surface area (Å²) in [4.78, 5) is 23.5. The van der Waals surface area contributed by atoms with Crippen LogP contribution in [0.25, 0.3) is 0 Å². The molecular formula is C15H24N4O. The van der Waals surface area contributed by atoms with Crippen molar-refractivity contribution in [2.45, 2.75) is 52.0 Å². The number of carbonyl (C=O) groups excluding carboxylic acids is 1. The van der Waals surface area contributed by atoms with Crippen molar-refractivity contribution in [2.24, 2.45) is 0 Å². The Balaban J connectivity index is 2.33. The highest BCUT2D eigenvalue weighted by Crippen LogP contribution is 2.22. The molecular weight excluding hydrogens is 252 g/mol. The van der Waals surface area contributed by atoms with Gasteiger partial charge in [0.15, 0.2) is 5.69 Å². The van der Waals surface area contributed by atoms with E-state index in [0.29, 0.717) is 17.4 Å². The SMILES string of the molecule is CNc1cnc(C(C)C)nc1C(=O)N1CCCCC1C. The Labute approximate surface area is 120 Å². The van der Waals surface area contributed by atoms with Gasteiger partial charge in [-0.2, -0.15) is 0 Å². The molecule has 110 valence electrons. The molecule has 1 aromatic heterocycles. The fraction of sp³-hybridized carbons (Fsp3) is 0.667. The maximum Gasteiger partial charge on any atom is 0.274 e. The molecule has 1 fully saturated rings. The third-order valence-corrected chi connectivity index (χ3v) is 3.86. The fourth-order valence-electron chi connectivity index (χ4n) is 2.56. The highest BCUT2D eigenvalue weighted by Gasteiger charge is 2.27. The summed E-state index contributed by atoms with van der Waals surface area (Å²) >= 11 is 0. The van der Waals surface area contributed by atoms with Gasteiger partial charge in [-0.1, -0.05) is 13.8 Å². The number of piperidine rings is 1. The molecule has 0 spiro atoms. The molecule has 2 rings (SSSR count). The van der Waals surface area contributed by atoms with Crippen LogP contribution in [0.15, 0.2) is 6.20 Å². The number of aromatic nitrogens is 2. The van der Waals surface area contributed by atoms with E-state index in [0.717, 1.165) is 25.2 Å². The normalized spacial score (nSPS) is 19.2. The van der Waals surface area contributed by atoms with Gasteiger partial charge in [0.05, 0.1) is 11.9 Å². The summed E-state index contributed by atoms with van der Waals surface area (Å²) in [5.41, 5.74) is 1.21. The maximum atomic E-state index is 12.8. The van der Waals surface area contributed by atoms with Gasteiger partial charge in [-0.15, -0.1) is 0 Å². The number of hydrogen-bond acceptors (Lipinski definition) is 4. The monoisotopic (exact) mass is 276 g/mol. The molecule has 1 aliphatic rings. The van der Waals surface area contributed by atoms with Crippen molar-refractivity contribution >= 4 is 11.6 Å². The molecule has 5 heteroatoms. The molecule has 5 nitrogen and oxygen atoms in total. The summed E-state index contributed by atoms with van der Waals surface area (Å²) in [5.74, 6) is 0.953. The number of nitrogens with one attached hydrogen (secondary N) is 1. The molecule has 1 amide bonds. The highest BCUT2D eigenvalue weighted by molar-refractivity contribution is 5.97. The van der Waals surface area contributed by atoms with Gasteiger partial charge in [0.1, 0.15) is 5.82 Å². The van der Waals surface area contributed by atoms with Crippen LogP contribution in [0.3, 0.4) is 0 Å². The van der Waals surface area contributed by atoms with E-state index in [4.69, 9.17) is 0 Å². The molecule has 1 saturated heterocycles. The topological polar surface area (TPSA) is 58.1 Å². The van der Waals surface area contributed by atoms with Crippen LogP contribution in [0, 0.1) is 0 Å². The van der Waals surface area contributed by atoms with Gasteiger partial charge in [0.25, 0.3) is 5.91 Å². The second kappa shape index (κ2) is 6.20. The Bertz CT molecular complexity index is 487. The van der Waals surface area contributed by atoms with Crippen LogP contribution >= 0.6 is 0 Å². The molecule has 1 aliphatic heterocycles. The van der Waals surface area contributed by atoms with Gasteiger partial charge in [-0.3, -0.25) is 4.79 Å². The number of amides is 1. The third kappa shape index (κ3) is 2.92. The molecule has 0 aliphatic carbocycles. The van der Waals surface area contributed by atoms with E-state index in [1.54, 1.807) is 13.2 Å². The minimum atomic E-state index is 0.0193. The second-order valence-electron chi connectivity index (χ2n) is 5.74. The standard InChI is InChI=1S/C15H24N4O/c1-10(2)14-17-9-12(16-4)13(18-14)15(20)19-8-6-5-7-11(19)3/h9-11,16H,5-8H2,1-4H3. The minimum absolute atomic E-state index is 0.0193. The molecule has 0 aromatic carbocycles. The predicted octanol–water partition coefficient (Wildman–Crippen LogP) is 2.66. The van der Waals surface area contributed by atoms with Crippen LogP contribution in [0.4, 0.5) is 5.69 Å². The second-order valence-corrected chi connectivity index (χ2v) is 5.74. The molecule has 1 N–H and O–H groups in total. The van der Waals surface area contributed by atoms with Crippen molar-refractivity contribution in [3.63, 3.8) is 0 Å². The Hall–Kier alpha value is -1.65. The molecule has 0 saturated carbocycles. The minimum Gasteiger partial charge on any atom is -0.385 e. The van der Waals surface area contributed by atoms with E-state index < -0.39 is 0 Å². The number of nitrogens with zero attached hydrogens (tertiary/aromatic N) is 3. The van der Waals surface area contributed by atoms with E-state index in [-0.39, 0.29) is 11.8 Å². The van der Waals surface area contributed by atoms with Crippen molar-refractivity contribution in [3.8, 4) is 0 Å². The van der Waals surface area contributed by atoms with Crippen LogP contribution in [0.1, 0.15) is 62.3 Å². The molecule has 1 unspecified atom stereocenters. The number of carbonyl (C=O) groups is 1. The molecule has 20 heavy (non-hydrogen) atoms. The predicted molar refractivity (Wildman–Crippen MR) is 80.0 cm³/mol. The zero-order valence-electron chi connectivity index (χ0n) is 12.8. The van der Waals surface area contributed by atoms with Gasteiger partial charge < -0.3 is 10.2 Å². The van der Waals surface area contributed by atoms with Crippen LogP contribution in [-0.2, 0) is 0 Å². The van der Waals surface area contributed by atoms with Gasteiger partial charge in [0, 0.05) is 25.6 Å². The first-order valence-electron chi connectivity index (χ1n) is 7.40. The van der Waals surface area contributed by atoms with Crippen LogP contribution < -0.4 is 5.32 Å². The lowest BCUT2D eigenvalue weighted by molar-refractivity contribution is 0.0630. The van der Waals surface area contributed by atoms with E-state index >= 15 is 0 Å². The summed E-state index contributed by atoms with van der Waals surface area (Å²) < 4.78 is 0. The Morgan fingerprint density at radius 1 is 1.45 bits per heavy atom. The number of rotatable bonds is 3. The van der Waals surface area contributed by atoms with Crippen LogP contribution in [0.5, 0.6) is 0 Å². The molecule has 0 bridgehead atoms. The summed E-state index contributed by atoms with van der Waals surface area (Å²) in [7, 11) is 1.80. The van der Waals surface area contributed by atoms with Crippen LogP contribution in [0.2, 0.25) is 0 Å². The van der Waals surface area contributed by atoms with Crippen molar-refractivity contribution in [1.82, 2.24) is 14.9 Å². The number of hydrogen-bond donors (Lipinski definition) is 1. The quantitative estimate of drug-likeness (QED) is 0.922. The highest BCUT2D eigenvalue weighted by atomic mass is 16.2.